The van der Waals surface area contributed by atoms with Gasteiger partial charge in [0.15, 0.2) is 0 Å². The van der Waals surface area contributed by atoms with Crippen LogP contribution in [0.15, 0.2) is 0 Å². The predicted octanol–water partition coefficient (Wildman–Crippen LogP) is 1.91. The van der Waals surface area contributed by atoms with Crippen LogP contribution in [0, 0.1) is 11.3 Å². The maximum Gasteiger partial charge on any atom is 0.105 e. The molecule has 0 aromatic heterocycles. The van der Waals surface area contributed by atoms with Crippen LogP contribution in [0.2, 0.25) is 0 Å². The number of nitrogens with one attached hydrogen (secondary N) is 1. The molecule has 2 aliphatic rings. The van der Waals surface area contributed by atoms with Gasteiger partial charge in [-0.05, 0) is 46.1 Å². The first kappa shape index (κ1) is 14.8. The molecule has 2 aliphatic heterocycles. The van der Waals surface area contributed by atoms with Crippen molar-refractivity contribution in [3.05, 3.63) is 0 Å². The molecule has 0 aromatic carbocycles. The second-order valence-electron chi connectivity index (χ2n) is 6.34. The number of ether oxygens (including phenoxy) is 1. The molecule has 0 amide bonds. The highest BCUT2D eigenvalue weighted by atomic mass is 16.5. The third kappa shape index (κ3) is 3.68. The zero-order valence-electron chi connectivity index (χ0n) is 12.5. The molecule has 2 saturated heterocycles. The molecule has 19 heavy (non-hydrogen) atoms. The maximum atomic E-state index is 9.42. The number of hydrogen-bond acceptors (Lipinski definition) is 4. The van der Waals surface area contributed by atoms with Crippen LogP contribution in [0.25, 0.3) is 0 Å². The summed E-state index contributed by atoms with van der Waals surface area (Å²) in [6.07, 6.45) is 5.21. The Bertz CT molecular complexity index is 329. The Labute approximate surface area is 117 Å². The van der Waals surface area contributed by atoms with E-state index in [1.165, 1.54) is 12.8 Å². The molecular weight excluding hydrogens is 238 g/mol. The van der Waals surface area contributed by atoms with Gasteiger partial charge in [-0.3, -0.25) is 10.2 Å². The second kappa shape index (κ2) is 6.21. The highest BCUT2D eigenvalue weighted by Gasteiger charge is 2.37. The van der Waals surface area contributed by atoms with Crippen molar-refractivity contribution in [2.75, 3.05) is 19.6 Å². The Morgan fingerprint density at radius 3 is 2.58 bits per heavy atom. The van der Waals surface area contributed by atoms with Crippen LogP contribution in [-0.2, 0) is 4.74 Å². The number of hydrogen-bond donors (Lipinski definition) is 1. The van der Waals surface area contributed by atoms with E-state index < -0.39 is 5.54 Å². The summed E-state index contributed by atoms with van der Waals surface area (Å²) in [6, 6.07) is 2.88. The molecule has 0 aromatic rings. The van der Waals surface area contributed by atoms with Crippen molar-refractivity contribution < 1.29 is 4.74 Å². The SMILES string of the molecule is CCCNC(C)(C#N)CC(C)N1CC2CCC(C1)O2. The molecule has 0 saturated carbocycles. The average Bonchev–Trinajstić information content (AvgIpc) is 2.75. The van der Waals surface area contributed by atoms with Gasteiger partial charge in [0, 0.05) is 19.1 Å². The maximum absolute atomic E-state index is 9.42. The van der Waals surface area contributed by atoms with Crippen LogP contribution in [-0.4, -0.2) is 48.3 Å². The molecule has 0 radical (unpaired) electrons. The van der Waals surface area contributed by atoms with E-state index in [1.807, 2.05) is 6.92 Å². The molecule has 2 rings (SSSR count). The molecule has 2 fully saturated rings. The van der Waals surface area contributed by atoms with Crippen LogP contribution < -0.4 is 5.32 Å². The van der Waals surface area contributed by atoms with Crippen molar-refractivity contribution in [2.24, 2.45) is 0 Å². The van der Waals surface area contributed by atoms with Crippen LogP contribution in [0.4, 0.5) is 0 Å². The van der Waals surface area contributed by atoms with E-state index >= 15 is 0 Å². The van der Waals surface area contributed by atoms with Gasteiger partial charge < -0.3 is 4.74 Å². The Morgan fingerprint density at radius 1 is 1.42 bits per heavy atom. The Kier molecular flexibility index (Phi) is 4.83. The van der Waals surface area contributed by atoms with Crippen molar-refractivity contribution >= 4 is 0 Å². The Morgan fingerprint density at radius 2 is 2.05 bits per heavy atom. The molecule has 2 bridgehead atoms. The van der Waals surface area contributed by atoms with E-state index in [1.54, 1.807) is 0 Å². The van der Waals surface area contributed by atoms with E-state index in [2.05, 4.69) is 30.1 Å². The van der Waals surface area contributed by atoms with Crippen molar-refractivity contribution in [1.82, 2.24) is 10.2 Å². The molecule has 4 heteroatoms. The first-order chi connectivity index (χ1) is 9.06. The van der Waals surface area contributed by atoms with Gasteiger partial charge in [0.1, 0.15) is 5.54 Å². The summed E-state index contributed by atoms with van der Waals surface area (Å²) in [5, 5.41) is 12.8. The summed E-state index contributed by atoms with van der Waals surface area (Å²) in [5.74, 6) is 0. The molecule has 0 aliphatic carbocycles. The van der Waals surface area contributed by atoms with E-state index in [-0.39, 0.29) is 0 Å². The van der Waals surface area contributed by atoms with Crippen LogP contribution in [0.1, 0.15) is 46.5 Å². The highest BCUT2D eigenvalue weighted by Crippen LogP contribution is 2.29. The van der Waals surface area contributed by atoms with E-state index in [4.69, 9.17) is 4.74 Å². The number of likely N-dealkylation sites (tertiary alicyclic amines) is 1. The van der Waals surface area contributed by atoms with Gasteiger partial charge in [-0.15, -0.1) is 0 Å². The molecule has 4 nitrogen and oxygen atoms in total. The van der Waals surface area contributed by atoms with Gasteiger partial charge >= 0.3 is 0 Å². The number of fused-ring (bicyclic) bond motifs is 2. The van der Waals surface area contributed by atoms with Gasteiger partial charge in [-0.1, -0.05) is 6.92 Å². The van der Waals surface area contributed by atoms with Crippen LogP contribution in [0.5, 0.6) is 0 Å². The minimum atomic E-state index is -0.410. The third-order valence-corrected chi connectivity index (χ3v) is 4.41. The summed E-state index contributed by atoms with van der Waals surface area (Å²) < 4.78 is 5.88. The van der Waals surface area contributed by atoms with Gasteiger partial charge in [-0.25, -0.2) is 0 Å². The largest absolute Gasteiger partial charge is 0.372 e. The molecular formula is C15H27N3O. The molecule has 4 unspecified atom stereocenters. The van der Waals surface area contributed by atoms with Crippen molar-refractivity contribution in [3.63, 3.8) is 0 Å². The zero-order chi connectivity index (χ0) is 13.9. The lowest BCUT2D eigenvalue weighted by molar-refractivity contribution is -0.0531. The van der Waals surface area contributed by atoms with E-state index in [0.29, 0.717) is 18.2 Å². The topological polar surface area (TPSA) is 48.3 Å². The van der Waals surface area contributed by atoms with Gasteiger partial charge in [0.2, 0.25) is 0 Å². The number of morpholine rings is 1. The van der Waals surface area contributed by atoms with Crippen LogP contribution in [0.3, 0.4) is 0 Å². The lowest BCUT2D eigenvalue weighted by Crippen LogP contribution is -2.52. The zero-order valence-corrected chi connectivity index (χ0v) is 12.5. The van der Waals surface area contributed by atoms with Crippen molar-refractivity contribution in [1.29, 1.82) is 5.26 Å². The smallest absolute Gasteiger partial charge is 0.105 e. The minimum absolute atomic E-state index is 0.410. The van der Waals surface area contributed by atoms with Crippen molar-refractivity contribution in [2.45, 2.75) is 70.2 Å². The summed E-state index contributed by atoms with van der Waals surface area (Å²) in [6.45, 7) is 9.38. The summed E-state index contributed by atoms with van der Waals surface area (Å²) >= 11 is 0. The molecule has 108 valence electrons. The molecule has 2 heterocycles. The number of nitriles is 1. The van der Waals surface area contributed by atoms with E-state index in [0.717, 1.165) is 32.5 Å². The fraction of sp³-hybridized carbons (Fsp3) is 0.933. The number of nitrogens with zero attached hydrogens (tertiary/aromatic N) is 2. The fourth-order valence-corrected chi connectivity index (χ4v) is 3.28. The third-order valence-electron chi connectivity index (χ3n) is 4.41. The average molecular weight is 265 g/mol. The fourth-order valence-electron chi connectivity index (χ4n) is 3.28. The Hall–Kier alpha value is -0.630. The molecule has 4 atom stereocenters. The van der Waals surface area contributed by atoms with Gasteiger partial charge in [-0.2, -0.15) is 5.26 Å². The van der Waals surface area contributed by atoms with Gasteiger partial charge in [0.05, 0.1) is 18.3 Å². The predicted molar refractivity (Wildman–Crippen MR) is 75.9 cm³/mol. The summed E-state index contributed by atoms with van der Waals surface area (Å²) in [7, 11) is 0. The standard InChI is InChI=1S/C15H27N3O/c1-4-7-17-15(3,11-16)8-12(2)18-9-13-5-6-14(10-18)19-13/h12-14,17H,4-10H2,1-3H3. The highest BCUT2D eigenvalue weighted by molar-refractivity contribution is 5.05. The van der Waals surface area contributed by atoms with E-state index in [9.17, 15) is 5.26 Å². The van der Waals surface area contributed by atoms with Crippen LogP contribution >= 0.6 is 0 Å². The Balaban J connectivity index is 1.89. The quantitative estimate of drug-likeness (QED) is 0.797. The minimum Gasteiger partial charge on any atom is -0.372 e. The normalized spacial score (nSPS) is 31.7. The lowest BCUT2D eigenvalue weighted by Gasteiger charge is -2.39. The summed E-state index contributed by atoms with van der Waals surface area (Å²) in [5.41, 5.74) is -0.410. The number of rotatable bonds is 6. The van der Waals surface area contributed by atoms with Gasteiger partial charge in [0.25, 0.3) is 0 Å². The van der Waals surface area contributed by atoms with Crippen molar-refractivity contribution in [3.8, 4) is 6.07 Å². The first-order valence-electron chi connectivity index (χ1n) is 7.62. The first-order valence-corrected chi connectivity index (χ1v) is 7.62. The summed E-state index contributed by atoms with van der Waals surface area (Å²) in [4.78, 5) is 2.51. The molecule has 1 N–H and O–H groups in total. The second-order valence-corrected chi connectivity index (χ2v) is 6.34. The lowest BCUT2D eigenvalue weighted by atomic mass is 9.94. The monoisotopic (exact) mass is 265 g/mol. The molecule has 0 spiro atoms.